The Kier molecular flexibility index (Phi) is 2.27. The van der Waals surface area contributed by atoms with Crippen LogP contribution in [-0.4, -0.2) is 13.3 Å². The van der Waals surface area contributed by atoms with Crippen LogP contribution in [0.1, 0.15) is 17.9 Å². The maximum atomic E-state index is 2.54. The van der Waals surface area contributed by atoms with E-state index < -0.39 is 13.3 Å². The number of rotatable bonds is 2. The second-order valence-corrected chi connectivity index (χ2v) is 16.7. The van der Waals surface area contributed by atoms with Gasteiger partial charge in [0.2, 0.25) is 0 Å². The quantitative estimate of drug-likeness (QED) is 0.682. The van der Waals surface area contributed by atoms with Crippen LogP contribution in [0.15, 0.2) is 30.3 Å². The first-order chi connectivity index (χ1) is 6.09. The Bertz CT molecular complexity index is 284. The molecule has 1 saturated carbocycles. The summed E-state index contributed by atoms with van der Waals surface area (Å²) in [6, 6.07) is 11.0. The molecule has 0 aliphatic heterocycles. The fourth-order valence-corrected chi connectivity index (χ4v) is 7.17. The molecule has 0 nitrogen and oxygen atoms in total. The van der Waals surface area contributed by atoms with Gasteiger partial charge in [0.25, 0.3) is 0 Å². The molecule has 1 fully saturated rings. The van der Waals surface area contributed by atoms with Crippen LogP contribution in [0.25, 0.3) is 0 Å². The van der Waals surface area contributed by atoms with Crippen LogP contribution < -0.4 is 0 Å². The van der Waals surface area contributed by atoms with Crippen molar-refractivity contribution in [3.05, 3.63) is 35.9 Å². The Morgan fingerprint density at radius 2 is 1.69 bits per heavy atom. The molecule has 0 aromatic heterocycles. The molecule has 13 heavy (non-hydrogen) atoms. The zero-order valence-corrected chi connectivity index (χ0v) is 10.8. The summed E-state index contributed by atoms with van der Waals surface area (Å²) in [4.78, 5) is 0. The molecule has 1 aromatic rings. The Morgan fingerprint density at radius 1 is 1.08 bits per heavy atom. The first kappa shape index (κ1) is 9.32. The summed E-state index contributed by atoms with van der Waals surface area (Å²) < 4.78 is 1.09. The Labute approximate surface area is 83.7 Å². The molecule has 1 heteroatoms. The van der Waals surface area contributed by atoms with Crippen molar-refractivity contribution in [2.24, 2.45) is 0 Å². The molecule has 0 amide bonds. The van der Waals surface area contributed by atoms with E-state index in [0.29, 0.717) is 0 Å². The molecule has 0 heterocycles. The fraction of sp³-hybridized carbons (Fsp3) is 0.500. The van der Waals surface area contributed by atoms with Crippen molar-refractivity contribution in [3.63, 3.8) is 0 Å². The van der Waals surface area contributed by atoms with Gasteiger partial charge in [-0.2, -0.15) is 0 Å². The van der Waals surface area contributed by atoms with Crippen LogP contribution in [0.5, 0.6) is 0 Å². The number of hydrogen-bond acceptors (Lipinski definition) is 0. The molecule has 0 spiro atoms. The summed E-state index contributed by atoms with van der Waals surface area (Å²) in [5.41, 5.74) is 1.58. The predicted molar refractivity (Wildman–Crippen MR) is 60.9 cm³/mol. The molecular formula is C12H18Ge. The van der Waals surface area contributed by atoms with Gasteiger partial charge in [0.1, 0.15) is 0 Å². The van der Waals surface area contributed by atoms with Crippen molar-refractivity contribution in [1.29, 1.82) is 0 Å². The summed E-state index contributed by atoms with van der Waals surface area (Å²) in [5, 5.41) is 0. The van der Waals surface area contributed by atoms with E-state index in [-0.39, 0.29) is 0 Å². The summed E-state index contributed by atoms with van der Waals surface area (Å²) in [6.45, 7) is 0. The van der Waals surface area contributed by atoms with E-state index >= 15 is 0 Å². The van der Waals surface area contributed by atoms with Crippen molar-refractivity contribution in [2.75, 3.05) is 0 Å². The van der Waals surface area contributed by atoms with Crippen molar-refractivity contribution in [1.82, 2.24) is 0 Å². The molecule has 1 aliphatic rings. The molecule has 70 valence electrons. The first-order valence-corrected chi connectivity index (χ1v) is 12.6. The van der Waals surface area contributed by atoms with E-state index in [1.54, 1.807) is 5.56 Å². The van der Waals surface area contributed by atoms with Gasteiger partial charge < -0.3 is 0 Å². The van der Waals surface area contributed by atoms with Gasteiger partial charge in [-0.15, -0.1) is 0 Å². The van der Waals surface area contributed by atoms with Crippen LogP contribution in [0.3, 0.4) is 0 Å². The molecule has 0 radical (unpaired) electrons. The van der Waals surface area contributed by atoms with Crippen LogP contribution in [-0.2, 0) is 0 Å². The second-order valence-electron chi connectivity index (χ2n) is 5.23. The van der Waals surface area contributed by atoms with Crippen molar-refractivity contribution in [3.8, 4) is 0 Å². The molecule has 0 saturated heterocycles. The molecule has 1 aromatic carbocycles. The van der Waals surface area contributed by atoms with Gasteiger partial charge in [-0.05, 0) is 0 Å². The van der Waals surface area contributed by atoms with Gasteiger partial charge in [0.15, 0.2) is 0 Å². The summed E-state index contributed by atoms with van der Waals surface area (Å²) in [5.74, 6) is 8.52. The van der Waals surface area contributed by atoms with Gasteiger partial charge in [-0.25, -0.2) is 0 Å². The van der Waals surface area contributed by atoms with E-state index in [1.165, 1.54) is 6.42 Å². The van der Waals surface area contributed by atoms with Crippen LogP contribution in [0, 0.1) is 0 Å². The Morgan fingerprint density at radius 3 is 2.15 bits per heavy atom. The van der Waals surface area contributed by atoms with E-state index in [1.807, 2.05) is 0 Å². The second kappa shape index (κ2) is 3.16. The average Bonchev–Trinajstić information content (AvgIpc) is 2.83. The van der Waals surface area contributed by atoms with E-state index in [4.69, 9.17) is 0 Å². The molecule has 0 N–H and O–H groups in total. The van der Waals surface area contributed by atoms with Crippen molar-refractivity contribution >= 4 is 13.3 Å². The van der Waals surface area contributed by atoms with Crippen LogP contribution >= 0.6 is 0 Å². The monoisotopic (exact) mass is 236 g/mol. The number of hydrogen-bond donors (Lipinski definition) is 0. The van der Waals surface area contributed by atoms with Crippen molar-refractivity contribution in [2.45, 2.75) is 34.4 Å². The molecule has 2 atom stereocenters. The Balaban J connectivity index is 2.09. The molecule has 2 rings (SSSR count). The third-order valence-corrected chi connectivity index (χ3v) is 9.14. The summed E-state index contributed by atoms with van der Waals surface area (Å²) >= 11 is -1.34. The standard InChI is InChI=1S/C12H18Ge/c1-13(2,3)12-9-11(12)10-7-5-4-6-8-10/h4-8,11-12H,9H2,1-3H3/t11-,12+/m1/s1. The molecule has 1 aliphatic carbocycles. The van der Waals surface area contributed by atoms with E-state index in [0.717, 1.165) is 10.7 Å². The summed E-state index contributed by atoms with van der Waals surface area (Å²) in [7, 11) is 0. The van der Waals surface area contributed by atoms with Gasteiger partial charge in [0.05, 0.1) is 0 Å². The molecule has 0 bridgehead atoms. The van der Waals surface area contributed by atoms with Crippen molar-refractivity contribution < 1.29 is 0 Å². The third kappa shape index (κ3) is 1.99. The fourth-order valence-electron chi connectivity index (χ4n) is 2.22. The predicted octanol–water partition coefficient (Wildman–Crippen LogP) is 3.88. The van der Waals surface area contributed by atoms with Crippen LogP contribution in [0.4, 0.5) is 0 Å². The third-order valence-electron chi connectivity index (χ3n) is 3.13. The SMILES string of the molecule is [CH3][Ge]([CH3])([CH3])[C@H]1C[C@@H]1c1ccccc1. The van der Waals surface area contributed by atoms with Crippen LogP contribution in [0.2, 0.25) is 22.0 Å². The van der Waals surface area contributed by atoms with Gasteiger partial charge >= 0.3 is 83.5 Å². The van der Waals surface area contributed by atoms with E-state index in [2.05, 4.69) is 47.6 Å². The van der Waals surface area contributed by atoms with Gasteiger partial charge in [0, 0.05) is 0 Å². The van der Waals surface area contributed by atoms with Gasteiger partial charge in [-0.1, -0.05) is 0 Å². The van der Waals surface area contributed by atoms with E-state index in [9.17, 15) is 0 Å². The zero-order chi connectivity index (χ0) is 9.47. The minimum absolute atomic E-state index is 0.918. The minimum atomic E-state index is -1.34. The van der Waals surface area contributed by atoms with Gasteiger partial charge in [-0.3, -0.25) is 0 Å². The number of benzene rings is 1. The molecule has 0 unspecified atom stereocenters. The zero-order valence-electron chi connectivity index (χ0n) is 8.75. The maximum absolute atomic E-state index is 2.54. The normalized spacial score (nSPS) is 27.3. The topological polar surface area (TPSA) is 0 Å². The Hall–Kier alpha value is -0.237. The first-order valence-electron chi connectivity index (χ1n) is 5.14. The average molecular weight is 235 g/mol. The molecular weight excluding hydrogens is 217 g/mol. The summed E-state index contributed by atoms with van der Waals surface area (Å²) in [6.07, 6.45) is 1.47.